The fourth-order valence-corrected chi connectivity index (χ4v) is 6.60. The Hall–Kier alpha value is -3.13. The molecule has 0 radical (unpaired) electrons. The summed E-state index contributed by atoms with van der Waals surface area (Å²) < 4.78 is 30.8. The van der Waals surface area contributed by atoms with E-state index in [4.69, 9.17) is 0 Å². The number of anilines is 2. The van der Waals surface area contributed by atoms with Crippen molar-refractivity contribution in [1.29, 1.82) is 0 Å². The fraction of sp³-hybridized carbons (Fsp3) is 0.360. The van der Waals surface area contributed by atoms with Crippen molar-refractivity contribution >= 4 is 27.3 Å². The zero-order valence-corrected chi connectivity index (χ0v) is 20.8. The summed E-state index contributed by atoms with van der Waals surface area (Å²) in [4.78, 5) is 15.5. The second-order valence-electron chi connectivity index (χ2n) is 8.93. The van der Waals surface area contributed by atoms with Crippen molar-refractivity contribution in [1.82, 2.24) is 9.78 Å². The second-order valence-corrected chi connectivity index (χ2v) is 10.7. The second kappa shape index (κ2) is 8.33. The topological polar surface area (TPSA) is 75.5 Å². The molecule has 4 rings (SSSR count). The van der Waals surface area contributed by atoms with Gasteiger partial charge in [-0.3, -0.25) is 13.8 Å². The van der Waals surface area contributed by atoms with Gasteiger partial charge in [0.05, 0.1) is 17.1 Å². The number of hydrogen-bond acceptors (Lipinski definition) is 4. The Morgan fingerprint density at radius 2 is 1.73 bits per heavy atom. The highest BCUT2D eigenvalue weighted by molar-refractivity contribution is 7.93. The summed E-state index contributed by atoms with van der Waals surface area (Å²) in [6, 6.07) is 13.3. The molecule has 8 heteroatoms. The maximum atomic E-state index is 14.0. The van der Waals surface area contributed by atoms with Gasteiger partial charge in [-0.15, -0.1) is 0 Å². The van der Waals surface area contributed by atoms with Crippen LogP contribution in [0.2, 0.25) is 0 Å². The van der Waals surface area contributed by atoms with Crippen LogP contribution in [0.3, 0.4) is 0 Å². The molecule has 7 nitrogen and oxygen atoms in total. The van der Waals surface area contributed by atoms with E-state index in [2.05, 4.69) is 5.10 Å². The zero-order valence-electron chi connectivity index (χ0n) is 20.0. The molecule has 0 N–H and O–H groups in total. The first kappa shape index (κ1) is 23.0. The molecule has 3 aromatic rings. The molecule has 33 heavy (non-hydrogen) atoms. The molecule has 0 aliphatic carbocycles. The summed E-state index contributed by atoms with van der Waals surface area (Å²) in [5.74, 6) is -0.255. The minimum atomic E-state index is -4.05. The quantitative estimate of drug-likeness (QED) is 0.573. The average molecular weight is 467 g/mol. The van der Waals surface area contributed by atoms with E-state index < -0.39 is 10.0 Å². The third-order valence-electron chi connectivity index (χ3n) is 6.24. The normalized spacial score (nSPS) is 15.6. The van der Waals surface area contributed by atoms with Crippen LogP contribution in [0.25, 0.3) is 0 Å². The van der Waals surface area contributed by atoms with Crippen LogP contribution in [-0.2, 0) is 28.3 Å². The van der Waals surface area contributed by atoms with Crippen LogP contribution in [0.4, 0.5) is 11.4 Å². The Bertz CT molecular complexity index is 1320. The molecular formula is C25H30N4O3S. The maximum Gasteiger partial charge on any atom is 0.268 e. The van der Waals surface area contributed by atoms with Crippen LogP contribution in [0, 0.1) is 27.7 Å². The van der Waals surface area contributed by atoms with Gasteiger partial charge in [-0.2, -0.15) is 5.10 Å². The van der Waals surface area contributed by atoms with E-state index >= 15 is 0 Å². The highest BCUT2D eigenvalue weighted by Crippen LogP contribution is 2.34. The smallest absolute Gasteiger partial charge is 0.268 e. The standard InChI is InChI=1S/C25H30N4O3S/c1-16-11-17(2)13-22(12-16)28(33(31,32)25-19(4)26-27(6)20(25)5)15-24(30)29-18(3)14-21-9-7-8-10-23(21)29/h7-13,18H,14-15H2,1-6H3/t18-/m0/s1. The molecule has 0 saturated carbocycles. The lowest BCUT2D eigenvalue weighted by Gasteiger charge is -2.29. The van der Waals surface area contributed by atoms with Gasteiger partial charge < -0.3 is 4.90 Å². The van der Waals surface area contributed by atoms with Gasteiger partial charge in [0.15, 0.2) is 0 Å². The average Bonchev–Trinajstić information content (AvgIpc) is 3.19. The van der Waals surface area contributed by atoms with Gasteiger partial charge in [0.1, 0.15) is 11.4 Å². The summed E-state index contributed by atoms with van der Waals surface area (Å²) in [6.45, 7) is 8.94. The molecule has 0 unspecified atom stereocenters. The van der Waals surface area contributed by atoms with E-state index in [9.17, 15) is 13.2 Å². The molecule has 1 amide bonds. The molecule has 1 aliphatic rings. The lowest BCUT2D eigenvalue weighted by atomic mass is 10.1. The van der Waals surface area contributed by atoms with E-state index in [0.29, 0.717) is 17.1 Å². The molecule has 0 saturated heterocycles. The molecule has 1 atom stereocenters. The van der Waals surface area contributed by atoms with Crippen molar-refractivity contribution in [3.8, 4) is 0 Å². The van der Waals surface area contributed by atoms with E-state index in [1.54, 1.807) is 42.6 Å². The predicted molar refractivity (Wildman–Crippen MR) is 130 cm³/mol. The van der Waals surface area contributed by atoms with Crippen molar-refractivity contribution in [2.45, 2.75) is 52.0 Å². The molecule has 1 aliphatic heterocycles. The monoisotopic (exact) mass is 466 g/mol. The van der Waals surface area contributed by atoms with Crippen LogP contribution < -0.4 is 9.21 Å². The number of carbonyl (C=O) groups excluding carboxylic acids is 1. The first-order chi connectivity index (χ1) is 15.5. The predicted octanol–water partition coefficient (Wildman–Crippen LogP) is 3.83. The maximum absolute atomic E-state index is 14.0. The Balaban J connectivity index is 1.81. The van der Waals surface area contributed by atoms with Crippen LogP contribution in [0.15, 0.2) is 47.4 Å². The van der Waals surface area contributed by atoms with Crippen molar-refractivity contribution < 1.29 is 13.2 Å². The summed E-state index contributed by atoms with van der Waals surface area (Å²) in [6.07, 6.45) is 0.749. The SMILES string of the molecule is Cc1cc(C)cc(N(CC(=O)N2c3ccccc3C[C@@H]2C)S(=O)(=O)c2c(C)nn(C)c2C)c1. The minimum Gasteiger partial charge on any atom is -0.307 e. The van der Waals surface area contributed by atoms with Gasteiger partial charge in [-0.25, -0.2) is 8.42 Å². The molecule has 0 bridgehead atoms. The lowest BCUT2D eigenvalue weighted by molar-refractivity contribution is -0.117. The Morgan fingerprint density at radius 1 is 1.09 bits per heavy atom. The highest BCUT2D eigenvalue weighted by atomic mass is 32.2. The molecule has 2 aromatic carbocycles. The van der Waals surface area contributed by atoms with E-state index in [1.807, 2.05) is 51.1 Å². The third kappa shape index (κ3) is 4.04. The van der Waals surface area contributed by atoms with Crippen molar-refractivity contribution in [3.63, 3.8) is 0 Å². The molecule has 1 aromatic heterocycles. The number of fused-ring (bicyclic) bond motifs is 1. The van der Waals surface area contributed by atoms with Gasteiger partial charge in [0.25, 0.3) is 10.0 Å². The summed E-state index contributed by atoms with van der Waals surface area (Å²) >= 11 is 0. The fourth-order valence-electron chi connectivity index (χ4n) is 4.79. The molecule has 174 valence electrons. The minimum absolute atomic E-state index is 0.0411. The lowest BCUT2D eigenvalue weighted by Crippen LogP contribution is -2.45. The number of amides is 1. The summed E-state index contributed by atoms with van der Waals surface area (Å²) in [5.41, 5.74) is 5.23. The molecule has 0 spiro atoms. The number of carbonyl (C=O) groups is 1. The van der Waals surface area contributed by atoms with Crippen molar-refractivity contribution in [3.05, 3.63) is 70.5 Å². The van der Waals surface area contributed by atoms with Gasteiger partial charge in [-0.05, 0) is 75.9 Å². The number of benzene rings is 2. The number of aromatic nitrogens is 2. The Morgan fingerprint density at radius 3 is 2.33 bits per heavy atom. The Labute approximate surface area is 195 Å². The van der Waals surface area contributed by atoms with Gasteiger partial charge in [0, 0.05) is 18.8 Å². The molecular weight excluding hydrogens is 436 g/mol. The number of para-hydroxylation sites is 1. The number of aryl methyl sites for hydroxylation is 4. The summed E-state index contributed by atoms with van der Waals surface area (Å²) in [7, 11) is -2.33. The van der Waals surface area contributed by atoms with Crippen LogP contribution in [0.1, 0.15) is 35.0 Å². The van der Waals surface area contributed by atoms with Crippen molar-refractivity contribution in [2.24, 2.45) is 7.05 Å². The molecule has 2 heterocycles. The largest absolute Gasteiger partial charge is 0.307 e. The van der Waals surface area contributed by atoms with Crippen LogP contribution in [0.5, 0.6) is 0 Å². The van der Waals surface area contributed by atoms with E-state index in [0.717, 1.165) is 28.8 Å². The third-order valence-corrected chi connectivity index (χ3v) is 8.27. The number of hydrogen-bond donors (Lipinski definition) is 0. The van der Waals surface area contributed by atoms with E-state index in [-0.39, 0.29) is 23.4 Å². The number of rotatable bonds is 5. The van der Waals surface area contributed by atoms with Gasteiger partial charge >= 0.3 is 0 Å². The van der Waals surface area contributed by atoms with Gasteiger partial charge in [0.2, 0.25) is 5.91 Å². The number of sulfonamides is 1. The first-order valence-corrected chi connectivity index (χ1v) is 12.5. The van der Waals surface area contributed by atoms with E-state index in [1.165, 1.54) is 4.31 Å². The highest BCUT2D eigenvalue weighted by Gasteiger charge is 2.36. The first-order valence-electron chi connectivity index (χ1n) is 11.0. The molecule has 0 fully saturated rings. The zero-order chi connectivity index (χ0) is 24.1. The Kier molecular flexibility index (Phi) is 5.82. The summed E-state index contributed by atoms with van der Waals surface area (Å²) in [5, 5.41) is 4.30. The number of nitrogens with zero attached hydrogens (tertiary/aromatic N) is 4. The van der Waals surface area contributed by atoms with Crippen LogP contribution in [-0.4, -0.2) is 36.7 Å². The van der Waals surface area contributed by atoms with Crippen molar-refractivity contribution in [2.75, 3.05) is 15.7 Å². The van der Waals surface area contributed by atoms with Crippen LogP contribution >= 0.6 is 0 Å². The van der Waals surface area contributed by atoms with Gasteiger partial charge in [-0.1, -0.05) is 24.3 Å².